The number of amides is 2. The SMILES string of the molecule is Cc1c(NS(C)(=O)=O)cccc1C(=O)N1CCN(C=O)CC1. The number of carbonyl (C=O) groups excluding carboxylic acids is 2. The van der Waals surface area contributed by atoms with E-state index in [1.165, 1.54) is 0 Å². The zero-order valence-corrected chi connectivity index (χ0v) is 13.4. The zero-order chi connectivity index (χ0) is 16.3. The first kappa shape index (κ1) is 16.3. The fourth-order valence-corrected chi connectivity index (χ4v) is 3.00. The van der Waals surface area contributed by atoms with Gasteiger partial charge in [0.05, 0.1) is 11.9 Å². The molecular formula is C14H19N3O4S. The molecule has 2 amide bonds. The number of anilines is 1. The summed E-state index contributed by atoms with van der Waals surface area (Å²) in [4.78, 5) is 26.6. The van der Waals surface area contributed by atoms with Crippen molar-refractivity contribution in [2.75, 3.05) is 37.2 Å². The van der Waals surface area contributed by atoms with Gasteiger partial charge < -0.3 is 9.80 Å². The topological polar surface area (TPSA) is 86.8 Å². The molecule has 8 heteroatoms. The monoisotopic (exact) mass is 325 g/mol. The summed E-state index contributed by atoms with van der Waals surface area (Å²) in [7, 11) is -3.40. The molecule has 1 fully saturated rings. The quantitative estimate of drug-likeness (QED) is 0.806. The molecule has 0 radical (unpaired) electrons. The lowest BCUT2D eigenvalue weighted by molar-refractivity contribution is -0.119. The standard InChI is InChI=1S/C14H19N3O4S/c1-11-12(4-3-5-13(11)15-22(2,20)21)14(19)17-8-6-16(10-18)7-9-17/h3-5,10,15H,6-9H2,1-2H3. The molecule has 1 aromatic carbocycles. The van der Waals surface area contributed by atoms with E-state index in [9.17, 15) is 18.0 Å². The van der Waals surface area contributed by atoms with Crippen LogP contribution in [0, 0.1) is 6.92 Å². The Bertz CT molecular complexity index is 679. The van der Waals surface area contributed by atoms with Gasteiger partial charge in [-0.3, -0.25) is 14.3 Å². The molecule has 0 aliphatic carbocycles. The maximum Gasteiger partial charge on any atom is 0.254 e. The molecular weight excluding hydrogens is 306 g/mol. The fourth-order valence-electron chi connectivity index (χ4n) is 2.38. The van der Waals surface area contributed by atoms with E-state index < -0.39 is 10.0 Å². The van der Waals surface area contributed by atoms with Gasteiger partial charge in [-0.15, -0.1) is 0 Å². The number of piperazine rings is 1. The van der Waals surface area contributed by atoms with Crippen LogP contribution in [0.3, 0.4) is 0 Å². The molecule has 1 aliphatic rings. The van der Waals surface area contributed by atoms with Crippen LogP contribution in [0.15, 0.2) is 18.2 Å². The lowest BCUT2D eigenvalue weighted by atomic mass is 10.1. The zero-order valence-electron chi connectivity index (χ0n) is 12.6. The highest BCUT2D eigenvalue weighted by molar-refractivity contribution is 7.92. The summed E-state index contributed by atoms with van der Waals surface area (Å²) >= 11 is 0. The number of carbonyl (C=O) groups is 2. The Hall–Kier alpha value is -2.09. The third-order valence-electron chi connectivity index (χ3n) is 3.61. The van der Waals surface area contributed by atoms with E-state index >= 15 is 0 Å². The number of hydrogen-bond donors (Lipinski definition) is 1. The van der Waals surface area contributed by atoms with Gasteiger partial charge in [-0.2, -0.15) is 0 Å². The first-order valence-electron chi connectivity index (χ1n) is 6.88. The second-order valence-electron chi connectivity index (χ2n) is 5.29. The van der Waals surface area contributed by atoms with Crippen LogP contribution in [0.4, 0.5) is 5.69 Å². The highest BCUT2D eigenvalue weighted by Crippen LogP contribution is 2.21. The molecule has 0 unspecified atom stereocenters. The summed E-state index contributed by atoms with van der Waals surface area (Å²) in [5.74, 6) is -0.153. The summed E-state index contributed by atoms with van der Waals surface area (Å²) in [5, 5.41) is 0. The highest BCUT2D eigenvalue weighted by atomic mass is 32.2. The van der Waals surface area contributed by atoms with Crippen LogP contribution in [-0.4, -0.2) is 63.0 Å². The molecule has 0 aromatic heterocycles. The van der Waals surface area contributed by atoms with Crippen LogP contribution in [-0.2, 0) is 14.8 Å². The van der Waals surface area contributed by atoms with Crippen LogP contribution < -0.4 is 4.72 Å². The van der Waals surface area contributed by atoms with Crippen molar-refractivity contribution in [1.82, 2.24) is 9.80 Å². The van der Waals surface area contributed by atoms with Crippen molar-refractivity contribution in [3.8, 4) is 0 Å². The molecule has 1 heterocycles. The van der Waals surface area contributed by atoms with Crippen molar-refractivity contribution in [3.05, 3.63) is 29.3 Å². The lowest BCUT2D eigenvalue weighted by Crippen LogP contribution is -2.48. The van der Waals surface area contributed by atoms with Crippen LogP contribution >= 0.6 is 0 Å². The predicted molar refractivity (Wildman–Crippen MR) is 83.2 cm³/mol. The van der Waals surface area contributed by atoms with E-state index in [-0.39, 0.29) is 5.91 Å². The fraction of sp³-hybridized carbons (Fsp3) is 0.429. The van der Waals surface area contributed by atoms with Crippen molar-refractivity contribution in [2.45, 2.75) is 6.92 Å². The Kier molecular flexibility index (Phi) is 4.70. The third kappa shape index (κ3) is 3.76. The van der Waals surface area contributed by atoms with Crippen LogP contribution in [0.2, 0.25) is 0 Å². The Balaban J connectivity index is 2.20. The summed E-state index contributed by atoms with van der Waals surface area (Å²) < 4.78 is 25.1. The Morgan fingerprint density at radius 2 is 1.86 bits per heavy atom. The number of sulfonamides is 1. The molecule has 0 saturated carbocycles. The molecule has 1 saturated heterocycles. The first-order chi connectivity index (χ1) is 10.3. The van der Waals surface area contributed by atoms with Gasteiger partial charge in [-0.05, 0) is 24.6 Å². The van der Waals surface area contributed by atoms with E-state index in [2.05, 4.69) is 4.72 Å². The normalized spacial score (nSPS) is 15.5. The van der Waals surface area contributed by atoms with Gasteiger partial charge in [0, 0.05) is 31.7 Å². The van der Waals surface area contributed by atoms with Crippen molar-refractivity contribution >= 4 is 28.0 Å². The molecule has 1 N–H and O–H groups in total. The highest BCUT2D eigenvalue weighted by Gasteiger charge is 2.23. The van der Waals surface area contributed by atoms with Crippen molar-refractivity contribution in [1.29, 1.82) is 0 Å². The van der Waals surface area contributed by atoms with Crippen LogP contribution in [0.1, 0.15) is 15.9 Å². The summed E-state index contributed by atoms with van der Waals surface area (Å²) in [6.07, 6.45) is 1.85. The molecule has 1 aromatic rings. The summed E-state index contributed by atoms with van der Waals surface area (Å²) in [6.45, 7) is 3.68. The summed E-state index contributed by atoms with van der Waals surface area (Å²) in [6, 6.07) is 4.95. The Morgan fingerprint density at radius 1 is 1.23 bits per heavy atom. The van der Waals surface area contributed by atoms with Crippen molar-refractivity contribution < 1.29 is 18.0 Å². The van der Waals surface area contributed by atoms with E-state index in [0.717, 1.165) is 12.7 Å². The minimum atomic E-state index is -3.40. The Labute approximate surface area is 129 Å². The largest absolute Gasteiger partial charge is 0.342 e. The minimum absolute atomic E-state index is 0.153. The molecule has 7 nitrogen and oxygen atoms in total. The van der Waals surface area contributed by atoms with Gasteiger partial charge in [0.15, 0.2) is 0 Å². The molecule has 0 atom stereocenters. The predicted octanol–water partition coefficient (Wildman–Crippen LogP) is 0.281. The van der Waals surface area contributed by atoms with Gasteiger partial charge >= 0.3 is 0 Å². The van der Waals surface area contributed by atoms with E-state index in [4.69, 9.17) is 0 Å². The minimum Gasteiger partial charge on any atom is -0.342 e. The summed E-state index contributed by atoms with van der Waals surface area (Å²) in [5.41, 5.74) is 1.46. The average molecular weight is 325 g/mol. The van der Waals surface area contributed by atoms with Crippen LogP contribution in [0.5, 0.6) is 0 Å². The Morgan fingerprint density at radius 3 is 2.41 bits per heavy atom. The molecule has 0 spiro atoms. The van der Waals surface area contributed by atoms with Crippen molar-refractivity contribution in [3.63, 3.8) is 0 Å². The smallest absolute Gasteiger partial charge is 0.254 e. The molecule has 2 rings (SSSR count). The van der Waals surface area contributed by atoms with Gasteiger partial charge in [-0.1, -0.05) is 6.07 Å². The maximum absolute atomic E-state index is 12.6. The second kappa shape index (κ2) is 6.35. The second-order valence-corrected chi connectivity index (χ2v) is 7.03. The number of benzene rings is 1. The third-order valence-corrected chi connectivity index (χ3v) is 4.20. The van der Waals surface area contributed by atoms with Gasteiger partial charge in [0.1, 0.15) is 0 Å². The van der Waals surface area contributed by atoms with E-state index in [1.807, 2.05) is 0 Å². The number of hydrogen-bond acceptors (Lipinski definition) is 4. The molecule has 120 valence electrons. The van der Waals surface area contributed by atoms with E-state index in [1.54, 1.807) is 34.9 Å². The number of rotatable bonds is 4. The maximum atomic E-state index is 12.6. The number of nitrogens with one attached hydrogen (secondary N) is 1. The lowest BCUT2D eigenvalue weighted by Gasteiger charge is -2.33. The van der Waals surface area contributed by atoms with Gasteiger partial charge in [0.25, 0.3) is 5.91 Å². The van der Waals surface area contributed by atoms with Crippen molar-refractivity contribution in [2.24, 2.45) is 0 Å². The van der Waals surface area contributed by atoms with Gasteiger partial charge in [-0.25, -0.2) is 8.42 Å². The first-order valence-corrected chi connectivity index (χ1v) is 8.77. The van der Waals surface area contributed by atoms with E-state index in [0.29, 0.717) is 43.0 Å². The number of nitrogens with zero attached hydrogens (tertiary/aromatic N) is 2. The molecule has 1 aliphatic heterocycles. The molecule has 22 heavy (non-hydrogen) atoms. The van der Waals surface area contributed by atoms with Crippen LogP contribution in [0.25, 0.3) is 0 Å². The average Bonchev–Trinajstić information content (AvgIpc) is 2.47. The van der Waals surface area contributed by atoms with Gasteiger partial charge in [0.2, 0.25) is 16.4 Å². The molecule has 0 bridgehead atoms.